The van der Waals surface area contributed by atoms with Crippen LogP contribution >= 0.6 is 23.4 Å². The molecule has 4 rings (SSSR count). The molecule has 0 bridgehead atoms. The molecule has 3 aromatic carbocycles. The summed E-state index contributed by atoms with van der Waals surface area (Å²) in [4.78, 5) is 27.9. The van der Waals surface area contributed by atoms with Gasteiger partial charge in [0.25, 0.3) is 11.8 Å². The Labute approximate surface area is 213 Å². The second-order valence-electron chi connectivity index (χ2n) is 7.92. The lowest BCUT2D eigenvalue weighted by Gasteiger charge is -2.19. The summed E-state index contributed by atoms with van der Waals surface area (Å²) < 4.78 is 24.8. The number of thioether (sulfide) groups is 1. The summed E-state index contributed by atoms with van der Waals surface area (Å²) in [7, 11) is -3.44. The fraction of sp³-hybridized carbons (Fsp3) is 0.154. The van der Waals surface area contributed by atoms with Crippen molar-refractivity contribution >= 4 is 49.9 Å². The number of hydrogen-bond donors (Lipinski definition) is 2. The maximum absolute atomic E-state index is 13.5. The molecule has 180 valence electrons. The van der Waals surface area contributed by atoms with Crippen LogP contribution in [-0.2, 0) is 14.6 Å². The van der Waals surface area contributed by atoms with E-state index in [0.717, 1.165) is 4.90 Å². The third-order valence-electron chi connectivity index (χ3n) is 5.42. The number of benzene rings is 3. The van der Waals surface area contributed by atoms with Crippen molar-refractivity contribution < 1.29 is 18.0 Å². The second kappa shape index (κ2) is 11.1. The Morgan fingerprint density at radius 1 is 0.857 bits per heavy atom. The molecular formula is C26H23ClN2O4S2. The number of rotatable bonds is 7. The summed E-state index contributed by atoms with van der Waals surface area (Å²) in [5.74, 6) is -1.11. The Morgan fingerprint density at radius 3 is 2.03 bits per heavy atom. The average molecular weight is 527 g/mol. The molecule has 2 amide bonds. The lowest BCUT2D eigenvalue weighted by molar-refractivity contribution is -0.118. The van der Waals surface area contributed by atoms with Gasteiger partial charge in [-0.2, -0.15) is 0 Å². The molecule has 0 radical (unpaired) electrons. The quantitative estimate of drug-likeness (QED) is 0.338. The fourth-order valence-corrected chi connectivity index (χ4v) is 6.43. The first-order valence-electron chi connectivity index (χ1n) is 11.0. The van der Waals surface area contributed by atoms with Gasteiger partial charge >= 0.3 is 0 Å². The van der Waals surface area contributed by atoms with E-state index in [-0.39, 0.29) is 11.4 Å². The topological polar surface area (TPSA) is 92.3 Å². The van der Waals surface area contributed by atoms with Crippen molar-refractivity contribution in [2.45, 2.75) is 23.1 Å². The zero-order valence-electron chi connectivity index (χ0n) is 18.6. The van der Waals surface area contributed by atoms with Gasteiger partial charge < -0.3 is 10.6 Å². The van der Waals surface area contributed by atoms with Crippen molar-refractivity contribution in [2.75, 3.05) is 5.75 Å². The van der Waals surface area contributed by atoms with Gasteiger partial charge in [-0.25, -0.2) is 8.42 Å². The van der Waals surface area contributed by atoms with Crippen molar-refractivity contribution in [3.8, 4) is 0 Å². The number of nitrogens with one attached hydrogen (secondary N) is 2. The van der Waals surface area contributed by atoms with E-state index < -0.39 is 27.0 Å². The molecule has 1 aliphatic rings. The molecule has 1 heterocycles. The van der Waals surface area contributed by atoms with Gasteiger partial charge in [0, 0.05) is 20.4 Å². The normalized spacial score (nSPS) is 17.3. The van der Waals surface area contributed by atoms with Gasteiger partial charge in [0.15, 0.2) is 9.84 Å². The lowest BCUT2D eigenvalue weighted by atomic mass is 10.1. The van der Waals surface area contributed by atoms with Crippen molar-refractivity contribution in [1.82, 2.24) is 10.6 Å². The first-order valence-corrected chi connectivity index (χ1v) is 13.9. The molecule has 1 fully saturated rings. The highest BCUT2D eigenvalue weighted by atomic mass is 35.5. The number of sulfone groups is 1. The van der Waals surface area contributed by atoms with Crippen LogP contribution in [0.1, 0.15) is 28.8 Å². The van der Waals surface area contributed by atoms with Gasteiger partial charge in [0.1, 0.15) is 11.1 Å². The minimum absolute atomic E-state index is 0.0212. The Balaban J connectivity index is 1.79. The van der Waals surface area contributed by atoms with Crippen LogP contribution in [0.2, 0.25) is 5.02 Å². The zero-order chi connectivity index (χ0) is 24.8. The molecule has 0 saturated carbocycles. The maximum Gasteiger partial charge on any atom is 0.270 e. The minimum atomic E-state index is -3.44. The molecule has 1 unspecified atom stereocenters. The minimum Gasteiger partial charge on any atom is -0.334 e. The average Bonchev–Trinajstić information content (AvgIpc) is 3.20. The van der Waals surface area contributed by atoms with Crippen LogP contribution in [0.5, 0.6) is 0 Å². The molecule has 1 saturated heterocycles. The van der Waals surface area contributed by atoms with Gasteiger partial charge in [-0.05, 0) is 54.8 Å². The summed E-state index contributed by atoms with van der Waals surface area (Å²) >= 11 is 7.32. The molecule has 35 heavy (non-hydrogen) atoms. The Morgan fingerprint density at radius 2 is 1.46 bits per heavy atom. The van der Waals surface area contributed by atoms with Crippen molar-refractivity contribution in [3.63, 3.8) is 0 Å². The number of carbonyl (C=O) groups is 2. The van der Waals surface area contributed by atoms with E-state index in [0.29, 0.717) is 33.9 Å². The van der Waals surface area contributed by atoms with Crippen LogP contribution < -0.4 is 10.6 Å². The lowest BCUT2D eigenvalue weighted by Crippen LogP contribution is -2.42. The summed E-state index contributed by atoms with van der Waals surface area (Å²) in [6.07, 6.45) is 0.812. The van der Waals surface area contributed by atoms with Crippen LogP contribution in [0.25, 0.3) is 4.91 Å². The number of amides is 2. The Hall–Kier alpha value is -3.07. The SMILES string of the molecule is O=C(NC1CCCS1(=O)=O)/C(NC(=O)c1ccccc1)=C(\Sc1ccc(Cl)cc1)c1ccccc1. The largest absolute Gasteiger partial charge is 0.334 e. The fourth-order valence-electron chi connectivity index (χ4n) is 3.63. The third-order valence-corrected chi connectivity index (χ3v) is 8.90. The number of hydrogen-bond acceptors (Lipinski definition) is 5. The van der Waals surface area contributed by atoms with Gasteiger partial charge in [-0.15, -0.1) is 0 Å². The van der Waals surface area contributed by atoms with E-state index in [9.17, 15) is 18.0 Å². The predicted octanol–water partition coefficient (Wildman–Crippen LogP) is 4.88. The van der Waals surface area contributed by atoms with Crippen LogP contribution in [-0.4, -0.2) is 31.4 Å². The Bertz CT molecular complexity index is 1340. The molecule has 3 aromatic rings. The summed E-state index contributed by atoms with van der Waals surface area (Å²) in [6, 6.07) is 24.8. The molecule has 1 atom stereocenters. The maximum atomic E-state index is 13.5. The van der Waals surface area contributed by atoms with E-state index in [1.807, 2.05) is 42.5 Å². The highest BCUT2D eigenvalue weighted by Gasteiger charge is 2.34. The number of halogens is 1. The van der Waals surface area contributed by atoms with E-state index in [4.69, 9.17) is 11.6 Å². The Kier molecular flexibility index (Phi) is 7.95. The van der Waals surface area contributed by atoms with E-state index >= 15 is 0 Å². The van der Waals surface area contributed by atoms with E-state index in [1.54, 1.807) is 42.5 Å². The van der Waals surface area contributed by atoms with Crippen LogP contribution in [0, 0.1) is 0 Å². The van der Waals surface area contributed by atoms with Crippen LogP contribution in [0.3, 0.4) is 0 Å². The molecule has 2 N–H and O–H groups in total. The second-order valence-corrected chi connectivity index (χ2v) is 11.7. The van der Waals surface area contributed by atoms with Crippen molar-refractivity contribution in [2.24, 2.45) is 0 Å². The monoisotopic (exact) mass is 526 g/mol. The van der Waals surface area contributed by atoms with Gasteiger partial charge in [-0.3, -0.25) is 9.59 Å². The van der Waals surface area contributed by atoms with Crippen LogP contribution in [0.4, 0.5) is 0 Å². The van der Waals surface area contributed by atoms with E-state index in [2.05, 4.69) is 10.6 Å². The first-order chi connectivity index (χ1) is 16.8. The molecule has 9 heteroatoms. The van der Waals surface area contributed by atoms with Gasteiger partial charge in [0.05, 0.1) is 5.75 Å². The third kappa shape index (κ3) is 6.33. The summed E-state index contributed by atoms with van der Waals surface area (Å²) in [6.45, 7) is 0. The molecule has 1 aliphatic heterocycles. The highest BCUT2D eigenvalue weighted by molar-refractivity contribution is 8.08. The van der Waals surface area contributed by atoms with Crippen molar-refractivity contribution in [1.29, 1.82) is 0 Å². The smallest absolute Gasteiger partial charge is 0.270 e. The summed E-state index contributed by atoms with van der Waals surface area (Å²) in [5, 5.41) is 4.97. The number of carbonyl (C=O) groups excluding carboxylic acids is 2. The van der Waals surface area contributed by atoms with Crippen LogP contribution in [0.15, 0.2) is 95.5 Å². The zero-order valence-corrected chi connectivity index (χ0v) is 21.0. The standard InChI is InChI=1S/C26H23ClN2O4S2/c27-20-13-15-21(16-14-20)34-24(18-8-3-1-4-9-18)23(29-25(30)19-10-5-2-6-11-19)26(31)28-22-12-7-17-35(22,32)33/h1-6,8-11,13-16,22H,7,12,17H2,(H,28,31)(H,29,30)/b24-23+. The highest BCUT2D eigenvalue weighted by Crippen LogP contribution is 2.37. The van der Waals surface area contributed by atoms with Gasteiger partial charge in [-0.1, -0.05) is 71.9 Å². The molecule has 0 aliphatic carbocycles. The van der Waals surface area contributed by atoms with Gasteiger partial charge in [0.2, 0.25) is 0 Å². The molecular weight excluding hydrogens is 504 g/mol. The predicted molar refractivity (Wildman–Crippen MR) is 140 cm³/mol. The summed E-state index contributed by atoms with van der Waals surface area (Å²) in [5.41, 5.74) is 1.04. The van der Waals surface area contributed by atoms with Crippen molar-refractivity contribution in [3.05, 3.63) is 107 Å². The molecule has 0 spiro atoms. The molecule has 0 aromatic heterocycles. The van der Waals surface area contributed by atoms with E-state index in [1.165, 1.54) is 11.8 Å². The molecule has 6 nitrogen and oxygen atoms in total. The first kappa shape index (κ1) is 25.0.